The van der Waals surface area contributed by atoms with Gasteiger partial charge in [-0.2, -0.15) is 4.31 Å². The maximum absolute atomic E-state index is 13.5. The molecule has 1 unspecified atom stereocenters. The van der Waals surface area contributed by atoms with Crippen LogP contribution in [0.15, 0.2) is 47.4 Å². The average molecular weight is 417 g/mol. The first-order valence-corrected chi connectivity index (χ1v) is 11.5. The quantitative estimate of drug-likeness (QED) is 0.766. The SMILES string of the molecule is CC(=O)N1CCCc2ccc(S(=O)(=O)N3CCCC3Cc3cccc(F)c3)cc21. The third-order valence-electron chi connectivity index (χ3n) is 5.85. The van der Waals surface area contributed by atoms with Crippen molar-refractivity contribution in [3.05, 3.63) is 59.4 Å². The van der Waals surface area contributed by atoms with E-state index in [9.17, 15) is 17.6 Å². The van der Waals surface area contributed by atoms with Gasteiger partial charge < -0.3 is 4.90 Å². The number of sulfonamides is 1. The van der Waals surface area contributed by atoms with Gasteiger partial charge in [0.15, 0.2) is 0 Å². The monoisotopic (exact) mass is 416 g/mol. The van der Waals surface area contributed by atoms with E-state index in [0.717, 1.165) is 36.8 Å². The molecule has 0 aliphatic carbocycles. The van der Waals surface area contributed by atoms with Crippen molar-refractivity contribution in [1.82, 2.24) is 4.31 Å². The minimum atomic E-state index is -3.70. The van der Waals surface area contributed by atoms with Crippen molar-refractivity contribution >= 4 is 21.6 Å². The Hall–Kier alpha value is -2.25. The Morgan fingerprint density at radius 2 is 1.97 bits per heavy atom. The van der Waals surface area contributed by atoms with Gasteiger partial charge in [0, 0.05) is 31.7 Å². The summed E-state index contributed by atoms with van der Waals surface area (Å²) in [4.78, 5) is 13.9. The van der Waals surface area contributed by atoms with Crippen LogP contribution >= 0.6 is 0 Å². The highest BCUT2D eigenvalue weighted by Gasteiger charge is 2.36. The molecule has 7 heteroatoms. The van der Waals surface area contributed by atoms with Crippen molar-refractivity contribution < 1.29 is 17.6 Å². The van der Waals surface area contributed by atoms with E-state index in [1.807, 2.05) is 12.1 Å². The number of halogens is 1. The van der Waals surface area contributed by atoms with E-state index in [-0.39, 0.29) is 22.7 Å². The molecule has 1 saturated heterocycles. The lowest BCUT2D eigenvalue weighted by molar-refractivity contribution is -0.116. The molecular weight excluding hydrogens is 391 g/mol. The molecule has 2 aliphatic rings. The Bertz CT molecular complexity index is 1040. The van der Waals surface area contributed by atoms with Gasteiger partial charge in [-0.3, -0.25) is 4.79 Å². The fourth-order valence-corrected chi connectivity index (χ4v) is 6.16. The van der Waals surface area contributed by atoms with Crippen molar-refractivity contribution in [2.45, 2.75) is 50.0 Å². The number of benzene rings is 2. The highest BCUT2D eigenvalue weighted by atomic mass is 32.2. The molecule has 2 heterocycles. The molecule has 5 nitrogen and oxygen atoms in total. The largest absolute Gasteiger partial charge is 0.312 e. The molecule has 1 fully saturated rings. The predicted molar refractivity (Wildman–Crippen MR) is 110 cm³/mol. The average Bonchev–Trinajstić information content (AvgIpc) is 3.16. The molecule has 0 aromatic heterocycles. The van der Waals surface area contributed by atoms with Crippen LogP contribution < -0.4 is 4.90 Å². The van der Waals surface area contributed by atoms with Gasteiger partial charge in [-0.25, -0.2) is 12.8 Å². The maximum Gasteiger partial charge on any atom is 0.243 e. The Kier molecular flexibility index (Phi) is 5.44. The first-order valence-electron chi connectivity index (χ1n) is 10.0. The van der Waals surface area contributed by atoms with Crippen LogP contribution in [0.5, 0.6) is 0 Å². The van der Waals surface area contributed by atoms with Crippen LogP contribution in [0.2, 0.25) is 0 Å². The number of carbonyl (C=O) groups excluding carboxylic acids is 1. The molecule has 1 atom stereocenters. The van der Waals surface area contributed by atoms with Crippen LogP contribution in [-0.4, -0.2) is 37.8 Å². The Labute approximate surface area is 171 Å². The maximum atomic E-state index is 13.5. The molecule has 2 aliphatic heterocycles. The molecule has 0 radical (unpaired) electrons. The number of rotatable bonds is 4. The fraction of sp³-hybridized carbons (Fsp3) is 0.409. The minimum Gasteiger partial charge on any atom is -0.312 e. The number of amides is 1. The zero-order valence-corrected chi connectivity index (χ0v) is 17.3. The zero-order valence-electron chi connectivity index (χ0n) is 16.5. The number of aryl methyl sites for hydroxylation is 1. The molecule has 0 N–H and O–H groups in total. The summed E-state index contributed by atoms with van der Waals surface area (Å²) in [5, 5.41) is 0. The van der Waals surface area contributed by atoms with Crippen molar-refractivity contribution in [1.29, 1.82) is 0 Å². The Balaban J connectivity index is 1.64. The third kappa shape index (κ3) is 3.94. The Morgan fingerprint density at radius 3 is 2.72 bits per heavy atom. The summed E-state index contributed by atoms with van der Waals surface area (Å²) < 4.78 is 41.9. The molecule has 0 bridgehead atoms. The van der Waals surface area contributed by atoms with Crippen LogP contribution in [0.25, 0.3) is 0 Å². The standard InChI is InChI=1S/C22H25FN2O3S/c1-16(26)24-11-3-6-18-9-10-21(15-22(18)24)29(27,28)25-12-4-8-20(25)14-17-5-2-7-19(23)13-17/h2,5,7,9-10,13,15,20H,3-4,6,8,11-12,14H2,1H3. The minimum absolute atomic E-state index is 0.0781. The van der Waals surface area contributed by atoms with Gasteiger partial charge in [-0.05, 0) is 67.5 Å². The highest BCUT2D eigenvalue weighted by molar-refractivity contribution is 7.89. The number of carbonyl (C=O) groups is 1. The van der Waals surface area contributed by atoms with Gasteiger partial charge in [-0.15, -0.1) is 0 Å². The first-order chi connectivity index (χ1) is 13.9. The van der Waals surface area contributed by atoms with E-state index in [1.165, 1.54) is 19.1 Å². The zero-order chi connectivity index (χ0) is 20.6. The van der Waals surface area contributed by atoms with Crippen LogP contribution in [0.3, 0.4) is 0 Å². The molecule has 154 valence electrons. The van der Waals surface area contributed by atoms with Gasteiger partial charge in [-0.1, -0.05) is 18.2 Å². The number of fused-ring (bicyclic) bond motifs is 1. The summed E-state index contributed by atoms with van der Waals surface area (Å²) in [6.07, 6.45) is 3.73. The summed E-state index contributed by atoms with van der Waals surface area (Å²) in [6, 6.07) is 11.3. The summed E-state index contributed by atoms with van der Waals surface area (Å²) in [5.74, 6) is -0.389. The number of anilines is 1. The first kappa shape index (κ1) is 20.0. The van der Waals surface area contributed by atoms with Crippen LogP contribution in [0.4, 0.5) is 10.1 Å². The fourth-order valence-electron chi connectivity index (χ4n) is 4.44. The lowest BCUT2D eigenvalue weighted by atomic mass is 10.0. The number of hydrogen-bond acceptors (Lipinski definition) is 3. The van der Waals surface area contributed by atoms with E-state index in [0.29, 0.717) is 25.2 Å². The highest BCUT2D eigenvalue weighted by Crippen LogP contribution is 2.33. The normalized spacial score (nSPS) is 19.9. The molecule has 2 aromatic carbocycles. The molecule has 1 amide bonds. The van der Waals surface area contributed by atoms with Crippen LogP contribution in [0, 0.1) is 5.82 Å². The number of nitrogens with zero attached hydrogens (tertiary/aromatic N) is 2. The van der Waals surface area contributed by atoms with Crippen LogP contribution in [0.1, 0.15) is 37.3 Å². The Morgan fingerprint density at radius 1 is 1.14 bits per heavy atom. The van der Waals surface area contributed by atoms with Crippen molar-refractivity contribution in [2.24, 2.45) is 0 Å². The lowest BCUT2D eigenvalue weighted by Crippen LogP contribution is -2.37. The smallest absolute Gasteiger partial charge is 0.243 e. The number of hydrogen-bond donors (Lipinski definition) is 0. The van der Waals surface area contributed by atoms with E-state index in [1.54, 1.807) is 27.4 Å². The second-order valence-corrected chi connectivity index (χ2v) is 9.70. The van der Waals surface area contributed by atoms with Crippen molar-refractivity contribution in [3.63, 3.8) is 0 Å². The molecule has 4 rings (SSSR count). The van der Waals surface area contributed by atoms with Gasteiger partial charge in [0.25, 0.3) is 0 Å². The predicted octanol–water partition coefficient (Wildman–Crippen LogP) is 3.52. The second kappa shape index (κ2) is 7.88. The molecule has 2 aromatic rings. The summed E-state index contributed by atoms with van der Waals surface area (Å²) in [5.41, 5.74) is 2.50. The molecule has 0 saturated carbocycles. The van der Waals surface area contributed by atoms with E-state index < -0.39 is 10.0 Å². The van der Waals surface area contributed by atoms with Crippen molar-refractivity contribution in [3.8, 4) is 0 Å². The van der Waals surface area contributed by atoms with Crippen molar-refractivity contribution in [2.75, 3.05) is 18.0 Å². The summed E-state index contributed by atoms with van der Waals surface area (Å²) in [7, 11) is -3.70. The molecule has 29 heavy (non-hydrogen) atoms. The topological polar surface area (TPSA) is 57.7 Å². The molecule has 0 spiro atoms. The van der Waals surface area contributed by atoms with Gasteiger partial charge >= 0.3 is 0 Å². The van der Waals surface area contributed by atoms with E-state index in [2.05, 4.69) is 0 Å². The third-order valence-corrected chi connectivity index (χ3v) is 7.79. The lowest BCUT2D eigenvalue weighted by Gasteiger charge is -2.30. The van der Waals surface area contributed by atoms with Gasteiger partial charge in [0.05, 0.1) is 4.90 Å². The van der Waals surface area contributed by atoms with E-state index in [4.69, 9.17) is 0 Å². The van der Waals surface area contributed by atoms with E-state index >= 15 is 0 Å². The molecular formula is C22H25FN2O3S. The summed E-state index contributed by atoms with van der Waals surface area (Å²) >= 11 is 0. The van der Waals surface area contributed by atoms with Gasteiger partial charge in [0.1, 0.15) is 5.82 Å². The summed E-state index contributed by atoms with van der Waals surface area (Å²) in [6.45, 7) is 2.57. The van der Waals surface area contributed by atoms with Crippen LogP contribution in [-0.2, 0) is 27.7 Å². The second-order valence-electron chi connectivity index (χ2n) is 7.81. The van der Waals surface area contributed by atoms with Gasteiger partial charge in [0.2, 0.25) is 15.9 Å².